The monoisotopic (exact) mass is 396 g/mol. The van der Waals surface area contributed by atoms with Crippen LogP contribution in [0, 0.1) is 13.8 Å². The van der Waals surface area contributed by atoms with Crippen LogP contribution in [0.2, 0.25) is 0 Å². The molecule has 4 heteroatoms. The van der Waals surface area contributed by atoms with Crippen molar-refractivity contribution >= 4 is 17.4 Å². The van der Waals surface area contributed by atoms with Crippen molar-refractivity contribution in [1.29, 1.82) is 0 Å². The number of carbonyl (C=O) groups is 1. The molecule has 0 bridgehead atoms. The molecule has 158 valence electrons. The van der Waals surface area contributed by atoms with Crippen LogP contribution >= 0.6 is 0 Å². The molecule has 2 N–H and O–H groups in total. The minimum atomic E-state index is -0.241. The number of nitrogens with one attached hydrogen (secondary N) is 2. The molecule has 0 aliphatic rings. The normalized spacial score (nSPS) is 10.6. The molecule has 0 aromatic heterocycles. The van der Waals surface area contributed by atoms with Gasteiger partial charge < -0.3 is 15.4 Å². The summed E-state index contributed by atoms with van der Waals surface area (Å²) in [5.74, 6) is 0.841. The Morgan fingerprint density at radius 1 is 0.793 bits per heavy atom. The highest BCUT2D eigenvalue weighted by Crippen LogP contribution is 2.21. The van der Waals surface area contributed by atoms with Crippen LogP contribution in [0.15, 0.2) is 42.5 Å². The fourth-order valence-corrected chi connectivity index (χ4v) is 3.35. The fraction of sp³-hybridized carbons (Fsp3) is 0.480. The molecule has 2 amide bonds. The van der Waals surface area contributed by atoms with E-state index in [9.17, 15) is 4.79 Å². The summed E-state index contributed by atoms with van der Waals surface area (Å²) in [5.41, 5.74) is 3.69. The van der Waals surface area contributed by atoms with E-state index < -0.39 is 0 Å². The van der Waals surface area contributed by atoms with Crippen molar-refractivity contribution in [2.45, 2.75) is 72.1 Å². The number of urea groups is 1. The Balaban J connectivity index is 1.66. The van der Waals surface area contributed by atoms with Gasteiger partial charge in [0.2, 0.25) is 0 Å². The zero-order chi connectivity index (χ0) is 20.9. The molecule has 0 atom stereocenters. The molecule has 0 aliphatic heterocycles. The zero-order valence-corrected chi connectivity index (χ0v) is 18.2. The first-order valence-electron chi connectivity index (χ1n) is 11.0. The molecule has 0 aliphatic carbocycles. The van der Waals surface area contributed by atoms with E-state index in [1.54, 1.807) is 0 Å². The van der Waals surface area contributed by atoms with Crippen molar-refractivity contribution in [3.8, 4) is 5.75 Å². The topological polar surface area (TPSA) is 50.4 Å². The van der Waals surface area contributed by atoms with E-state index in [-0.39, 0.29) is 6.03 Å². The summed E-state index contributed by atoms with van der Waals surface area (Å²) in [6.45, 7) is 6.97. The number of para-hydroxylation sites is 1. The van der Waals surface area contributed by atoms with Crippen molar-refractivity contribution < 1.29 is 9.53 Å². The Labute approximate surface area is 176 Å². The average Bonchev–Trinajstić information content (AvgIpc) is 2.71. The molecule has 29 heavy (non-hydrogen) atoms. The van der Waals surface area contributed by atoms with E-state index in [1.165, 1.54) is 44.9 Å². The first-order valence-corrected chi connectivity index (χ1v) is 11.0. The molecule has 0 spiro atoms. The quantitative estimate of drug-likeness (QED) is 0.366. The fourth-order valence-electron chi connectivity index (χ4n) is 3.35. The summed E-state index contributed by atoms with van der Waals surface area (Å²) >= 11 is 0. The maximum atomic E-state index is 12.3. The van der Waals surface area contributed by atoms with E-state index in [0.717, 1.165) is 41.3 Å². The summed E-state index contributed by atoms with van der Waals surface area (Å²) in [7, 11) is 0. The van der Waals surface area contributed by atoms with E-state index in [0.29, 0.717) is 0 Å². The highest BCUT2D eigenvalue weighted by atomic mass is 16.5. The van der Waals surface area contributed by atoms with Crippen LogP contribution in [0.5, 0.6) is 5.75 Å². The number of hydrogen-bond donors (Lipinski definition) is 2. The lowest BCUT2D eigenvalue weighted by Gasteiger charge is -2.13. The highest BCUT2D eigenvalue weighted by molar-refractivity contribution is 6.00. The first-order chi connectivity index (χ1) is 14.1. The molecule has 2 rings (SSSR count). The maximum Gasteiger partial charge on any atom is 0.323 e. The molecule has 4 nitrogen and oxygen atoms in total. The van der Waals surface area contributed by atoms with Crippen molar-refractivity contribution in [1.82, 2.24) is 0 Å². The van der Waals surface area contributed by atoms with Gasteiger partial charge in [-0.3, -0.25) is 0 Å². The largest absolute Gasteiger partial charge is 0.494 e. The van der Waals surface area contributed by atoms with Crippen LogP contribution in [0.1, 0.15) is 69.4 Å². The summed E-state index contributed by atoms with van der Waals surface area (Å²) in [6, 6.07) is 13.3. The molecular weight excluding hydrogens is 360 g/mol. The van der Waals surface area contributed by atoms with Crippen LogP contribution in [-0.4, -0.2) is 12.6 Å². The van der Waals surface area contributed by atoms with Crippen molar-refractivity contribution in [2.24, 2.45) is 0 Å². The van der Waals surface area contributed by atoms with E-state index in [2.05, 4.69) is 17.6 Å². The van der Waals surface area contributed by atoms with Crippen LogP contribution in [-0.2, 0) is 0 Å². The van der Waals surface area contributed by atoms with Gasteiger partial charge in [-0.05, 0) is 55.7 Å². The lowest BCUT2D eigenvalue weighted by Crippen LogP contribution is -2.20. The van der Waals surface area contributed by atoms with Crippen LogP contribution in [0.25, 0.3) is 0 Å². The Bertz CT molecular complexity index is 721. The number of benzene rings is 2. The molecule has 0 saturated heterocycles. The van der Waals surface area contributed by atoms with E-state index in [4.69, 9.17) is 4.74 Å². The number of amides is 2. The van der Waals surface area contributed by atoms with Crippen molar-refractivity contribution in [3.63, 3.8) is 0 Å². The number of anilines is 2. The minimum Gasteiger partial charge on any atom is -0.494 e. The molecule has 0 radical (unpaired) electrons. The number of hydrogen-bond acceptors (Lipinski definition) is 2. The number of rotatable bonds is 12. The second-order valence-electron chi connectivity index (χ2n) is 7.69. The third kappa shape index (κ3) is 8.59. The van der Waals surface area contributed by atoms with Crippen LogP contribution in [0.3, 0.4) is 0 Å². The van der Waals surface area contributed by atoms with Gasteiger partial charge in [0.05, 0.1) is 6.61 Å². The maximum absolute atomic E-state index is 12.3. The van der Waals surface area contributed by atoms with Gasteiger partial charge in [-0.2, -0.15) is 0 Å². The summed E-state index contributed by atoms with van der Waals surface area (Å²) in [5, 5.41) is 5.80. The third-order valence-electron chi connectivity index (χ3n) is 5.10. The predicted octanol–water partition coefficient (Wildman–Crippen LogP) is 7.47. The van der Waals surface area contributed by atoms with Crippen molar-refractivity contribution in [3.05, 3.63) is 53.6 Å². The Morgan fingerprint density at radius 2 is 1.38 bits per heavy atom. The van der Waals surface area contributed by atoms with Crippen molar-refractivity contribution in [2.75, 3.05) is 17.2 Å². The molecule has 0 fully saturated rings. The van der Waals surface area contributed by atoms with Crippen LogP contribution in [0.4, 0.5) is 16.2 Å². The predicted molar refractivity (Wildman–Crippen MR) is 123 cm³/mol. The SMILES string of the molecule is CCCCCCCCCCOc1ccc(NC(=O)Nc2c(C)cccc2C)cc1. The standard InChI is InChI=1S/C25H36N2O2/c1-4-5-6-7-8-9-10-11-19-29-23-17-15-22(16-18-23)26-25(28)27-24-20(2)13-12-14-21(24)3/h12-18H,4-11,19H2,1-3H3,(H2,26,27,28). The molecule has 2 aromatic rings. The van der Waals surface area contributed by atoms with Gasteiger partial charge in [-0.25, -0.2) is 4.79 Å². The number of aryl methyl sites for hydroxylation is 2. The lowest BCUT2D eigenvalue weighted by atomic mass is 10.1. The van der Waals surface area contributed by atoms with Gasteiger partial charge in [0.1, 0.15) is 5.75 Å². The Morgan fingerprint density at radius 3 is 2.00 bits per heavy atom. The van der Waals surface area contributed by atoms with Gasteiger partial charge in [0.25, 0.3) is 0 Å². The van der Waals surface area contributed by atoms with Gasteiger partial charge in [0, 0.05) is 11.4 Å². The smallest absolute Gasteiger partial charge is 0.323 e. The highest BCUT2D eigenvalue weighted by Gasteiger charge is 2.07. The molecule has 0 saturated carbocycles. The average molecular weight is 397 g/mol. The summed E-state index contributed by atoms with van der Waals surface area (Å²) < 4.78 is 5.81. The van der Waals surface area contributed by atoms with E-state index in [1.807, 2.05) is 56.3 Å². The second-order valence-corrected chi connectivity index (χ2v) is 7.69. The molecular formula is C25H36N2O2. The zero-order valence-electron chi connectivity index (χ0n) is 18.2. The first kappa shape index (κ1) is 22.8. The van der Waals surface area contributed by atoms with Gasteiger partial charge in [0.15, 0.2) is 0 Å². The number of carbonyl (C=O) groups excluding carboxylic acids is 1. The second kappa shape index (κ2) is 12.9. The van der Waals surface area contributed by atoms with Gasteiger partial charge in [-0.15, -0.1) is 0 Å². The molecule has 0 heterocycles. The Hall–Kier alpha value is -2.49. The molecule has 0 unspecified atom stereocenters. The third-order valence-corrected chi connectivity index (χ3v) is 5.10. The van der Waals surface area contributed by atoms with Gasteiger partial charge >= 0.3 is 6.03 Å². The Kier molecular flexibility index (Phi) is 10.1. The molecule has 2 aromatic carbocycles. The summed E-state index contributed by atoms with van der Waals surface area (Å²) in [4.78, 5) is 12.3. The number of ether oxygens (including phenoxy) is 1. The van der Waals surface area contributed by atoms with Gasteiger partial charge in [-0.1, -0.05) is 70.1 Å². The lowest BCUT2D eigenvalue weighted by molar-refractivity contribution is 0.262. The number of unbranched alkanes of at least 4 members (excludes halogenated alkanes) is 7. The summed E-state index contributed by atoms with van der Waals surface area (Å²) in [6.07, 6.45) is 10.3. The minimum absolute atomic E-state index is 0.241. The van der Waals surface area contributed by atoms with Crippen LogP contribution < -0.4 is 15.4 Å². The van der Waals surface area contributed by atoms with E-state index >= 15 is 0 Å².